The maximum atomic E-state index is 12.1. The number of aromatic hydroxyl groups is 1. The van der Waals surface area contributed by atoms with Crippen LogP contribution in [-0.4, -0.2) is 45.5 Å². The highest BCUT2D eigenvalue weighted by atomic mass is 35.5. The summed E-state index contributed by atoms with van der Waals surface area (Å²) in [5, 5.41) is 16.0. The van der Waals surface area contributed by atoms with Crippen LogP contribution in [0.15, 0.2) is 55.1 Å². The summed E-state index contributed by atoms with van der Waals surface area (Å²) in [6, 6.07) is 14.0. The van der Waals surface area contributed by atoms with E-state index in [0.29, 0.717) is 17.6 Å². The molecule has 0 bridgehead atoms. The fraction of sp³-hybridized carbons (Fsp3) is 0.200. The van der Waals surface area contributed by atoms with Gasteiger partial charge in [0, 0.05) is 34.4 Å². The topological polar surface area (TPSA) is 56.7 Å². The number of phenols is 1. The van der Waals surface area contributed by atoms with Gasteiger partial charge < -0.3 is 14.9 Å². The van der Waals surface area contributed by atoms with Crippen LogP contribution in [-0.2, 0) is 4.79 Å². The van der Waals surface area contributed by atoms with Crippen molar-refractivity contribution in [2.24, 2.45) is 0 Å². The highest BCUT2D eigenvalue weighted by molar-refractivity contribution is 7.29. The molecule has 3 unspecified atom stereocenters. The van der Waals surface area contributed by atoms with Crippen molar-refractivity contribution in [1.82, 2.24) is 9.27 Å². The number of phenolic OH excluding ortho intramolecular Hbond substituents is 1. The Morgan fingerprint density at radius 3 is 2.88 bits per heavy atom. The lowest BCUT2D eigenvalue weighted by Crippen LogP contribution is -2.63. The molecule has 1 aromatic heterocycles. The molecule has 5 nitrogen and oxygen atoms in total. The monoisotopic (exact) mass is 493 g/mol. The molecule has 2 fully saturated rings. The Labute approximate surface area is 202 Å². The first-order valence-electron chi connectivity index (χ1n) is 10.8. The number of nitrogens with zero attached hydrogens (tertiary/aromatic N) is 3. The Morgan fingerprint density at radius 1 is 1.24 bits per heavy atom. The average molecular weight is 494 g/mol. The van der Waals surface area contributed by atoms with Crippen LogP contribution in [0, 0.1) is 0 Å². The number of rotatable bonds is 3. The maximum Gasteiger partial charge on any atom is 0.246 e. The van der Waals surface area contributed by atoms with E-state index in [1.807, 2.05) is 35.2 Å². The molecule has 33 heavy (non-hydrogen) atoms. The lowest BCUT2D eigenvalue weighted by molar-refractivity contribution is -0.133. The predicted molar refractivity (Wildman–Crippen MR) is 140 cm³/mol. The van der Waals surface area contributed by atoms with E-state index in [1.54, 1.807) is 12.1 Å². The molecule has 4 aromatic rings. The fourth-order valence-corrected chi connectivity index (χ4v) is 7.27. The second kappa shape index (κ2) is 7.69. The highest BCUT2D eigenvalue weighted by Gasteiger charge is 2.49. The normalized spacial score (nSPS) is 19.7. The van der Waals surface area contributed by atoms with Gasteiger partial charge in [-0.1, -0.05) is 42.4 Å². The molecule has 0 spiro atoms. The van der Waals surface area contributed by atoms with Gasteiger partial charge in [0.15, 0.2) is 0 Å². The number of fused-ring (bicyclic) bond motifs is 3. The van der Waals surface area contributed by atoms with Gasteiger partial charge in [0.1, 0.15) is 10.8 Å². The Balaban J connectivity index is 1.45. The number of halogens is 1. The molecular formula is C25H21ClN3O2PS. The second-order valence-electron chi connectivity index (χ2n) is 8.56. The molecular weight excluding hydrogens is 473 g/mol. The minimum absolute atomic E-state index is 0.00512. The maximum absolute atomic E-state index is 12.1. The van der Waals surface area contributed by atoms with Crippen LogP contribution in [0.5, 0.6) is 5.75 Å². The molecule has 2 saturated heterocycles. The number of aromatic nitrogens is 1. The van der Waals surface area contributed by atoms with Crippen LogP contribution in [0.1, 0.15) is 6.42 Å². The van der Waals surface area contributed by atoms with Crippen LogP contribution in [0.25, 0.3) is 32.8 Å². The molecule has 0 aliphatic carbocycles. The Morgan fingerprint density at radius 2 is 2.06 bits per heavy atom. The van der Waals surface area contributed by atoms with Gasteiger partial charge in [0.2, 0.25) is 5.91 Å². The third-order valence-electron chi connectivity index (χ3n) is 6.87. The molecule has 0 radical (unpaired) electrons. The molecule has 1 amide bonds. The molecule has 6 rings (SSSR count). The third kappa shape index (κ3) is 3.08. The first kappa shape index (κ1) is 20.9. The van der Waals surface area contributed by atoms with E-state index in [0.717, 1.165) is 56.1 Å². The van der Waals surface area contributed by atoms with E-state index >= 15 is 0 Å². The predicted octanol–water partition coefficient (Wildman–Crippen LogP) is 4.95. The van der Waals surface area contributed by atoms with Crippen molar-refractivity contribution in [1.29, 1.82) is 0 Å². The minimum Gasteiger partial charge on any atom is -0.508 e. The summed E-state index contributed by atoms with van der Waals surface area (Å²) in [5.74, 6) is 0.209. The van der Waals surface area contributed by atoms with Crippen LogP contribution in [0.3, 0.4) is 0 Å². The Hall–Kier alpha value is -2.66. The summed E-state index contributed by atoms with van der Waals surface area (Å²) in [6.45, 7) is 5.22. The first-order valence-corrected chi connectivity index (χ1v) is 12.5. The molecule has 2 aliphatic rings. The highest BCUT2D eigenvalue weighted by Crippen LogP contribution is 2.44. The van der Waals surface area contributed by atoms with Crippen molar-refractivity contribution < 1.29 is 9.90 Å². The molecule has 3 heterocycles. The van der Waals surface area contributed by atoms with E-state index in [1.165, 1.54) is 17.6 Å². The largest absolute Gasteiger partial charge is 0.508 e. The quantitative estimate of drug-likeness (QED) is 0.324. The van der Waals surface area contributed by atoms with E-state index in [9.17, 15) is 9.90 Å². The Bertz CT molecular complexity index is 1470. The van der Waals surface area contributed by atoms with Crippen molar-refractivity contribution in [3.63, 3.8) is 0 Å². The average Bonchev–Trinajstić information content (AvgIpc) is 3.34. The molecule has 166 valence electrons. The number of anilines is 1. The van der Waals surface area contributed by atoms with E-state index < -0.39 is 0 Å². The number of hydrogen-bond acceptors (Lipinski definition) is 5. The molecule has 3 aromatic carbocycles. The number of carbonyl (C=O) groups is 1. The van der Waals surface area contributed by atoms with Gasteiger partial charge in [-0.3, -0.25) is 4.79 Å². The van der Waals surface area contributed by atoms with Crippen molar-refractivity contribution in [2.75, 3.05) is 18.0 Å². The molecule has 1 N–H and O–H groups in total. The van der Waals surface area contributed by atoms with Gasteiger partial charge in [-0.05, 0) is 58.6 Å². The summed E-state index contributed by atoms with van der Waals surface area (Å²) < 4.78 is 4.81. The van der Waals surface area contributed by atoms with Crippen molar-refractivity contribution in [2.45, 2.75) is 18.5 Å². The standard InChI is InChI=1S/C25H21ClN3O2PS/c1-2-21(31)29-12-20-19(29)7-8-28(20)25-17-11-18(26)22(24(32)23(17)27-33-25)16-10-14(30)9-13-5-3-4-6-15(13)16/h2-6,9-11,19-20,30H,1,7-8,12,32H2. The second-order valence-corrected chi connectivity index (χ2v) is 10.3. The van der Waals surface area contributed by atoms with E-state index in [4.69, 9.17) is 16.0 Å². The lowest BCUT2D eigenvalue weighted by atomic mass is 9.96. The SMILES string of the molecule is C=CC(=O)N1CC2C1CCN2c1snc2c(P)c(-c3cc(O)cc4ccccc34)c(Cl)cc12. The number of likely N-dealkylation sites (tertiary alicyclic amines) is 1. The van der Waals surface area contributed by atoms with Gasteiger partial charge >= 0.3 is 0 Å². The van der Waals surface area contributed by atoms with Gasteiger partial charge in [0.25, 0.3) is 0 Å². The van der Waals surface area contributed by atoms with Crippen molar-refractivity contribution in [3.05, 3.63) is 60.1 Å². The summed E-state index contributed by atoms with van der Waals surface area (Å²) in [4.78, 5) is 16.3. The zero-order valence-corrected chi connectivity index (χ0v) is 20.4. The summed E-state index contributed by atoms with van der Waals surface area (Å²) in [7, 11) is 2.82. The molecule has 3 atom stereocenters. The summed E-state index contributed by atoms with van der Waals surface area (Å²) in [6.07, 6.45) is 2.34. The number of hydrogen-bond donors (Lipinski definition) is 1. The first-order chi connectivity index (χ1) is 16.0. The van der Waals surface area contributed by atoms with Gasteiger partial charge in [0.05, 0.1) is 17.6 Å². The van der Waals surface area contributed by atoms with Crippen molar-refractivity contribution in [3.8, 4) is 16.9 Å². The molecule has 2 aliphatic heterocycles. The van der Waals surface area contributed by atoms with Gasteiger partial charge in [-0.2, -0.15) is 4.37 Å². The van der Waals surface area contributed by atoms with E-state index in [2.05, 4.69) is 20.7 Å². The summed E-state index contributed by atoms with van der Waals surface area (Å²) in [5.41, 5.74) is 2.65. The van der Waals surface area contributed by atoms with Crippen molar-refractivity contribution >= 4 is 70.3 Å². The number of benzene rings is 3. The fourth-order valence-electron chi connectivity index (χ4n) is 5.28. The minimum atomic E-state index is 0.00512. The number of carbonyl (C=O) groups excluding carboxylic acids is 1. The third-order valence-corrected chi connectivity index (χ3v) is 8.63. The molecule has 8 heteroatoms. The van der Waals surface area contributed by atoms with Gasteiger partial charge in [-0.25, -0.2) is 0 Å². The van der Waals surface area contributed by atoms with Crippen LogP contribution in [0.2, 0.25) is 5.02 Å². The summed E-state index contributed by atoms with van der Waals surface area (Å²) >= 11 is 8.37. The van der Waals surface area contributed by atoms with Crippen LogP contribution in [0.4, 0.5) is 5.00 Å². The smallest absolute Gasteiger partial charge is 0.246 e. The Kier molecular flexibility index (Phi) is 4.88. The van der Waals surface area contributed by atoms with Gasteiger partial charge in [-0.15, -0.1) is 9.24 Å². The zero-order valence-electron chi connectivity index (χ0n) is 17.7. The number of amides is 1. The van der Waals surface area contributed by atoms with Crippen LogP contribution < -0.4 is 10.2 Å². The van der Waals surface area contributed by atoms with Crippen LogP contribution >= 0.6 is 32.4 Å². The lowest BCUT2D eigenvalue weighted by Gasteiger charge is -2.46. The zero-order chi connectivity index (χ0) is 22.9. The molecule has 0 saturated carbocycles. The van der Waals surface area contributed by atoms with E-state index in [-0.39, 0.29) is 17.7 Å².